The zero-order valence-electron chi connectivity index (χ0n) is 14.2. The van der Waals surface area contributed by atoms with Gasteiger partial charge in [0.2, 0.25) is 5.78 Å². The molecule has 28 heavy (non-hydrogen) atoms. The second kappa shape index (κ2) is 6.94. The van der Waals surface area contributed by atoms with Gasteiger partial charge in [-0.25, -0.2) is 4.39 Å². The van der Waals surface area contributed by atoms with Gasteiger partial charge in [-0.2, -0.15) is 0 Å². The number of furan rings is 1. The monoisotopic (exact) mass is 398 g/mol. The van der Waals surface area contributed by atoms with Gasteiger partial charge in [0.15, 0.2) is 11.5 Å². The van der Waals surface area contributed by atoms with Gasteiger partial charge in [0.1, 0.15) is 5.82 Å². The lowest BCUT2D eigenvalue weighted by Crippen LogP contribution is -2.31. The van der Waals surface area contributed by atoms with E-state index in [0.29, 0.717) is 5.56 Å². The summed E-state index contributed by atoms with van der Waals surface area (Å²) in [6.07, 6.45) is 4.33. The number of Topliss-reactive ketones (excluding diaryl/α,β-unsaturated/α-hetero) is 1. The topological polar surface area (TPSA) is 83.6 Å². The number of halogens is 2. The molecule has 0 saturated carbocycles. The van der Waals surface area contributed by atoms with Crippen LogP contribution in [0.5, 0.6) is 0 Å². The first kappa shape index (κ1) is 17.9. The summed E-state index contributed by atoms with van der Waals surface area (Å²) in [4.78, 5) is 31.0. The van der Waals surface area contributed by atoms with E-state index in [1.807, 2.05) is 0 Å². The second-order valence-corrected chi connectivity index (χ2v) is 6.44. The van der Waals surface area contributed by atoms with Crippen LogP contribution in [-0.2, 0) is 4.79 Å². The standard InChI is InChI=1S/C20H12ClFN2O4/c21-13-9-12(5-6-14(13)22)24-17(11-3-1-7-23-10-11)16(19(26)20(24)27)18(25)15-4-2-8-28-15/h1-10,17,26H. The lowest BCUT2D eigenvalue weighted by Gasteiger charge is -2.26. The van der Waals surface area contributed by atoms with E-state index in [1.165, 1.54) is 47.8 Å². The van der Waals surface area contributed by atoms with Gasteiger partial charge in [-0.05, 0) is 42.0 Å². The summed E-state index contributed by atoms with van der Waals surface area (Å²) < 4.78 is 18.7. The van der Waals surface area contributed by atoms with Crippen molar-refractivity contribution in [2.75, 3.05) is 4.90 Å². The van der Waals surface area contributed by atoms with Gasteiger partial charge >= 0.3 is 0 Å². The average molecular weight is 399 g/mol. The molecule has 3 aromatic rings. The number of carbonyl (C=O) groups excluding carboxylic acids is 2. The second-order valence-electron chi connectivity index (χ2n) is 6.03. The van der Waals surface area contributed by atoms with Crippen molar-refractivity contribution in [1.29, 1.82) is 0 Å². The predicted molar refractivity (Wildman–Crippen MR) is 98.6 cm³/mol. The van der Waals surface area contributed by atoms with E-state index >= 15 is 0 Å². The summed E-state index contributed by atoms with van der Waals surface area (Å²) in [5.74, 6) is -2.84. The van der Waals surface area contributed by atoms with Gasteiger partial charge < -0.3 is 9.52 Å². The molecule has 1 aromatic carbocycles. The molecule has 2 aromatic heterocycles. The Balaban J connectivity index is 1.89. The van der Waals surface area contributed by atoms with E-state index in [0.717, 1.165) is 6.07 Å². The Morgan fingerprint density at radius 1 is 1.25 bits per heavy atom. The molecule has 8 heteroatoms. The number of anilines is 1. The average Bonchev–Trinajstić information content (AvgIpc) is 3.32. The summed E-state index contributed by atoms with van der Waals surface area (Å²) in [7, 11) is 0. The Labute approximate surface area is 163 Å². The van der Waals surface area contributed by atoms with Crippen LogP contribution >= 0.6 is 11.6 Å². The fourth-order valence-corrected chi connectivity index (χ4v) is 3.31. The molecule has 1 aliphatic heterocycles. The number of benzene rings is 1. The van der Waals surface area contributed by atoms with E-state index in [4.69, 9.17) is 16.0 Å². The minimum atomic E-state index is -0.986. The van der Waals surface area contributed by atoms with Gasteiger partial charge in [0.25, 0.3) is 5.91 Å². The zero-order valence-corrected chi connectivity index (χ0v) is 14.9. The number of hydrogen-bond acceptors (Lipinski definition) is 5. The Hall–Kier alpha value is -3.45. The van der Waals surface area contributed by atoms with Gasteiger partial charge in [0.05, 0.1) is 22.9 Å². The Bertz CT molecular complexity index is 1100. The highest BCUT2D eigenvalue weighted by molar-refractivity contribution is 6.31. The summed E-state index contributed by atoms with van der Waals surface area (Å²) in [5, 5.41) is 10.3. The molecule has 0 fully saturated rings. The van der Waals surface area contributed by atoms with Gasteiger partial charge in [-0.15, -0.1) is 0 Å². The van der Waals surface area contributed by atoms with Gasteiger partial charge in [-0.3, -0.25) is 19.5 Å². The van der Waals surface area contributed by atoms with E-state index in [-0.39, 0.29) is 22.0 Å². The highest BCUT2D eigenvalue weighted by atomic mass is 35.5. The molecule has 0 saturated heterocycles. The molecule has 140 valence electrons. The van der Waals surface area contributed by atoms with Crippen molar-refractivity contribution in [2.24, 2.45) is 0 Å². The predicted octanol–water partition coefficient (Wildman–Crippen LogP) is 4.25. The van der Waals surface area contributed by atoms with E-state index in [2.05, 4.69) is 4.98 Å². The number of aliphatic hydroxyl groups excluding tert-OH is 1. The maximum atomic E-state index is 13.6. The molecular weight excluding hydrogens is 387 g/mol. The lowest BCUT2D eigenvalue weighted by atomic mass is 9.96. The smallest absolute Gasteiger partial charge is 0.294 e. The van der Waals surface area contributed by atoms with Crippen LogP contribution in [0.2, 0.25) is 5.02 Å². The summed E-state index contributed by atoms with van der Waals surface area (Å²) >= 11 is 5.87. The van der Waals surface area contributed by atoms with Crippen molar-refractivity contribution in [3.63, 3.8) is 0 Å². The number of aromatic nitrogens is 1. The van der Waals surface area contributed by atoms with Crippen LogP contribution < -0.4 is 4.90 Å². The van der Waals surface area contributed by atoms with Crippen LogP contribution in [0.4, 0.5) is 10.1 Å². The van der Waals surface area contributed by atoms with Crippen LogP contribution in [0.1, 0.15) is 22.2 Å². The SMILES string of the molecule is O=C(C1=C(O)C(=O)N(c2ccc(F)c(Cl)c2)C1c1cccnc1)c1ccco1. The molecule has 0 bridgehead atoms. The summed E-state index contributed by atoms with van der Waals surface area (Å²) in [6.45, 7) is 0. The lowest BCUT2D eigenvalue weighted by molar-refractivity contribution is -0.117. The molecule has 1 amide bonds. The fraction of sp³-hybridized carbons (Fsp3) is 0.0500. The molecule has 3 heterocycles. The van der Waals surface area contributed by atoms with Crippen LogP contribution in [-0.4, -0.2) is 21.8 Å². The molecule has 0 spiro atoms. The third-order valence-corrected chi connectivity index (χ3v) is 4.67. The number of nitrogens with zero attached hydrogens (tertiary/aromatic N) is 2. The Morgan fingerprint density at radius 3 is 2.71 bits per heavy atom. The third-order valence-electron chi connectivity index (χ3n) is 4.38. The van der Waals surface area contributed by atoms with Crippen molar-refractivity contribution >= 4 is 29.0 Å². The highest BCUT2D eigenvalue weighted by Gasteiger charge is 2.45. The molecule has 0 aliphatic carbocycles. The quantitative estimate of drug-likeness (QED) is 0.664. The number of pyridine rings is 1. The summed E-state index contributed by atoms with van der Waals surface area (Å²) in [6, 6.07) is 8.98. The Kier molecular flexibility index (Phi) is 4.44. The number of carbonyl (C=O) groups is 2. The van der Waals surface area contributed by atoms with Gasteiger partial charge in [0, 0.05) is 18.1 Å². The molecule has 1 aliphatic rings. The van der Waals surface area contributed by atoms with Crippen LogP contribution in [0.3, 0.4) is 0 Å². The van der Waals surface area contributed by atoms with Crippen molar-refractivity contribution in [3.8, 4) is 0 Å². The van der Waals surface area contributed by atoms with Crippen LogP contribution in [0.15, 0.2) is 76.9 Å². The molecule has 4 rings (SSSR count). The molecule has 1 N–H and O–H groups in total. The number of ketones is 1. The van der Waals surface area contributed by atoms with E-state index < -0.39 is 29.3 Å². The number of rotatable bonds is 4. The van der Waals surface area contributed by atoms with Crippen molar-refractivity contribution in [3.05, 3.63) is 94.6 Å². The normalized spacial score (nSPS) is 16.7. The first-order valence-electron chi connectivity index (χ1n) is 8.19. The van der Waals surface area contributed by atoms with Crippen molar-refractivity contribution in [2.45, 2.75) is 6.04 Å². The number of aliphatic hydroxyl groups is 1. The highest BCUT2D eigenvalue weighted by Crippen LogP contribution is 2.42. The molecule has 6 nitrogen and oxygen atoms in total. The maximum absolute atomic E-state index is 13.6. The zero-order chi connectivity index (χ0) is 19.8. The molecule has 1 atom stereocenters. The third kappa shape index (κ3) is 2.86. The minimum absolute atomic E-state index is 0.0257. The summed E-state index contributed by atoms with van der Waals surface area (Å²) in [5.41, 5.74) is 0.544. The van der Waals surface area contributed by atoms with E-state index in [9.17, 15) is 19.1 Å². The maximum Gasteiger partial charge on any atom is 0.294 e. The van der Waals surface area contributed by atoms with Crippen molar-refractivity contribution < 1.29 is 23.5 Å². The minimum Gasteiger partial charge on any atom is -0.503 e. The molecule has 1 unspecified atom stereocenters. The van der Waals surface area contributed by atoms with Crippen molar-refractivity contribution in [1.82, 2.24) is 4.98 Å². The molecular formula is C20H12ClFN2O4. The fourth-order valence-electron chi connectivity index (χ4n) is 3.13. The number of hydrogen-bond donors (Lipinski definition) is 1. The first-order valence-corrected chi connectivity index (χ1v) is 8.56. The van der Waals surface area contributed by atoms with Gasteiger partial charge in [-0.1, -0.05) is 17.7 Å². The van der Waals surface area contributed by atoms with E-state index in [1.54, 1.807) is 12.1 Å². The van der Waals surface area contributed by atoms with Crippen LogP contribution in [0, 0.1) is 5.82 Å². The number of amides is 1. The first-order chi connectivity index (χ1) is 13.5. The molecule has 0 radical (unpaired) electrons. The largest absolute Gasteiger partial charge is 0.503 e. The van der Waals surface area contributed by atoms with Crippen LogP contribution in [0.25, 0.3) is 0 Å². The Morgan fingerprint density at radius 2 is 2.07 bits per heavy atom.